The molecule has 0 aliphatic heterocycles. The molecule has 6 heteroatoms. The summed E-state index contributed by atoms with van der Waals surface area (Å²) >= 11 is 0. The van der Waals surface area contributed by atoms with Gasteiger partial charge in [-0.2, -0.15) is 0 Å². The van der Waals surface area contributed by atoms with E-state index >= 15 is 0 Å². The lowest BCUT2D eigenvalue weighted by Gasteiger charge is -2.48. The van der Waals surface area contributed by atoms with Gasteiger partial charge in [0.2, 0.25) is 8.40 Å². The van der Waals surface area contributed by atoms with Gasteiger partial charge in [-0.05, 0) is 37.3 Å². The van der Waals surface area contributed by atoms with Crippen molar-refractivity contribution in [3.63, 3.8) is 0 Å². The van der Waals surface area contributed by atoms with Crippen LogP contribution in [0.5, 0.6) is 0 Å². The van der Waals surface area contributed by atoms with E-state index in [1.807, 2.05) is 0 Å². The highest BCUT2D eigenvalue weighted by molar-refractivity contribution is 6.78. The lowest BCUT2D eigenvalue weighted by atomic mass is 9.99. The maximum atomic E-state index is 4.06. The topological polar surface area (TPSA) is 48.1 Å². The van der Waals surface area contributed by atoms with Crippen LogP contribution in [0.4, 0.5) is 0 Å². The zero-order valence-corrected chi connectivity index (χ0v) is 20.7. The Hall–Kier alpha value is 0.274. The first-order valence-electron chi connectivity index (χ1n) is 11.7. The van der Waals surface area contributed by atoms with Crippen LogP contribution in [0.25, 0.3) is 0 Å². The summed E-state index contributed by atoms with van der Waals surface area (Å²) in [6, 6.07) is 0. The van der Waals surface area contributed by atoms with Gasteiger partial charge in [-0.3, -0.25) is 0 Å². The maximum Gasteiger partial charge on any atom is 0.207 e. The fourth-order valence-corrected chi connectivity index (χ4v) is 11.4. The van der Waals surface area contributed by atoms with Crippen LogP contribution in [-0.4, -0.2) is 44.4 Å². The average Bonchev–Trinajstić information content (AvgIpc) is 2.70. The summed E-state index contributed by atoms with van der Waals surface area (Å²) < 4.78 is 0. The van der Waals surface area contributed by atoms with Crippen molar-refractivity contribution in [3.8, 4) is 0 Å². The Labute approximate surface area is 167 Å². The summed E-state index contributed by atoms with van der Waals surface area (Å²) in [6.07, 6.45) is 14.8. The molecule has 0 aromatic carbocycles. The number of hydrogen-bond donors (Lipinski definition) is 4. The first-order valence-corrected chi connectivity index (χ1v) is 15.2. The molecule has 2 aliphatic carbocycles. The standard InChI is InChI=1S/C16H34N2Si.C4H14N2Si/c1-3-17-19(18-4-2,15-11-7-5-8-12-15)16-13-9-6-10-14-16;1-3-5-7-6-4-2/h15-18H,3-14H2,1-2H3;5-6H,3-4,7H2,1-2H3. The van der Waals surface area contributed by atoms with E-state index < -0.39 is 8.40 Å². The van der Waals surface area contributed by atoms with Crippen LogP contribution in [0.3, 0.4) is 0 Å². The molecule has 0 atom stereocenters. The van der Waals surface area contributed by atoms with Crippen LogP contribution < -0.4 is 19.9 Å². The monoisotopic (exact) mass is 400 g/mol. The highest BCUT2D eigenvalue weighted by atomic mass is 28.3. The Morgan fingerprint density at radius 2 is 1.00 bits per heavy atom. The number of nitrogens with one attached hydrogen (secondary N) is 4. The predicted octanol–water partition coefficient (Wildman–Crippen LogP) is 3.52. The molecule has 0 saturated heterocycles. The Morgan fingerprint density at radius 3 is 1.31 bits per heavy atom. The molecule has 0 aromatic rings. The van der Waals surface area contributed by atoms with E-state index in [1.165, 1.54) is 64.2 Å². The van der Waals surface area contributed by atoms with Gasteiger partial charge in [0.05, 0.1) is 0 Å². The van der Waals surface area contributed by atoms with Crippen molar-refractivity contribution >= 4 is 18.2 Å². The zero-order chi connectivity index (χ0) is 19.1. The van der Waals surface area contributed by atoms with Crippen molar-refractivity contribution in [2.75, 3.05) is 26.2 Å². The molecule has 2 aliphatic rings. The van der Waals surface area contributed by atoms with E-state index in [4.69, 9.17) is 0 Å². The molecule has 156 valence electrons. The van der Waals surface area contributed by atoms with Gasteiger partial charge in [-0.15, -0.1) is 0 Å². The number of rotatable bonds is 10. The first-order chi connectivity index (χ1) is 12.7. The molecule has 2 saturated carbocycles. The second kappa shape index (κ2) is 15.2. The molecule has 0 aromatic heterocycles. The lowest BCUT2D eigenvalue weighted by molar-refractivity contribution is 0.433. The van der Waals surface area contributed by atoms with Crippen molar-refractivity contribution in [1.29, 1.82) is 0 Å². The van der Waals surface area contributed by atoms with E-state index in [1.54, 1.807) is 0 Å². The van der Waals surface area contributed by atoms with Crippen molar-refractivity contribution in [2.45, 2.75) is 103 Å². The molecule has 4 N–H and O–H groups in total. The highest BCUT2D eigenvalue weighted by Gasteiger charge is 2.47. The third-order valence-electron chi connectivity index (χ3n) is 6.19. The second-order valence-corrected chi connectivity index (χ2v) is 13.4. The lowest BCUT2D eigenvalue weighted by Crippen LogP contribution is -2.68. The molecule has 0 radical (unpaired) electrons. The van der Waals surface area contributed by atoms with Crippen LogP contribution in [0.1, 0.15) is 91.9 Å². The summed E-state index contributed by atoms with van der Waals surface area (Å²) in [4.78, 5) is 14.7. The highest BCUT2D eigenvalue weighted by Crippen LogP contribution is 2.45. The summed E-state index contributed by atoms with van der Waals surface area (Å²) in [6.45, 7) is 13.4. The smallest absolute Gasteiger partial charge is 0.207 e. The Bertz CT molecular complexity index is 289. The average molecular weight is 401 g/mol. The van der Waals surface area contributed by atoms with E-state index in [0.717, 1.165) is 37.3 Å². The molecule has 4 nitrogen and oxygen atoms in total. The molecule has 0 unspecified atom stereocenters. The Balaban J connectivity index is 0.000000412. The number of hydrogen-bond acceptors (Lipinski definition) is 4. The van der Waals surface area contributed by atoms with Crippen LogP contribution >= 0.6 is 0 Å². The van der Waals surface area contributed by atoms with Crippen LogP contribution in [0.15, 0.2) is 0 Å². The summed E-state index contributed by atoms with van der Waals surface area (Å²) in [5.74, 6) is 0. The Kier molecular flexibility index (Phi) is 14.2. The minimum Gasteiger partial charge on any atom is -0.331 e. The van der Waals surface area contributed by atoms with Gasteiger partial charge in [0.25, 0.3) is 0 Å². The van der Waals surface area contributed by atoms with Crippen LogP contribution in [0.2, 0.25) is 11.1 Å². The molecular weight excluding hydrogens is 352 g/mol. The van der Waals surface area contributed by atoms with Gasteiger partial charge in [0.1, 0.15) is 0 Å². The van der Waals surface area contributed by atoms with Gasteiger partial charge < -0.3 is 19.9 Å². The van der Waals surface area contributed by atoms with E-state index in [0.29, 0.717) is 0 Å². The summed E-state index contributed by atoms with van der Waals surface area (Å²) in [7, 11) is -1.58. The fourth-order valence-electron chi connectivity index (χ4n) is 5.01. The van der Waals surface area contributed by atoms with Crippen molar-refractivity contribution in [1.82, 2.24) is 19.9 Å². The van der Waals surface area contributed by atoms with Gasteiger partial charge >= 0.3 is 0 Å². The molecule has 26 heavy (non-hydrogen) atoms. The molecule has 0 amide bonds. The summed E-state index contributed by atoms with van der Waals surface area (Å²) in [5.41, 5.74) is 1.98. The Morgan fingerprint density at radius 1 is 0.615 bits per heavy atom. The normalized spacial score (nSPS) is 19.8. The van der Waals surface area contributed by atoms with Crippen molar-refractivity contribution in [2.24, 2.45) is 0 Å². The van der Waals surface area contributed by atoms with Crippen molar-refractivity contribution in [3.05, 3.63) is 0 Å². The minimum absolute atomic E-state index is 0.0887. The van der Waals surface area contributed by atoms with E-state index in [9.17, 15) is 0 Å². The summed E-state index contributed by atoms with van der Waals surface area (Å²) in [5, 5.41) is 0. The van der Waals surface area contributed by atoms with Crippen LogP contribution in [0, 0.1) is 0 Å². The largest absolute Gasteiger partial charge is 0.331 e. The molecular formula is C20H48N4Si2. The zero-order valence-electron chi connectivity index (χ0n) is 18.3. The van der Waals surface area contributed by atoms with E-state index in [2.05, 4.69) is 47.6 Å². The minimum atomic E-state index is -1.49. The maximum absolute atomic E-state index is 4.06. The van der Waals surface area contributed by atoms with Gasteiger partial charge in [-0.25, -0.2) is 0 Å². The van der Waals surface area contributed by atoms with Gasteiger partial charge in [-0.1, -0.05) is 91.9 Å². The molecule has 2 fully saturated rings. The van der Waals surface area contributed by atoms with Gasteiger partial charge in [0, 0.05) is 0 Å². The SMILES string of the molecule is CCN[SiH2]NCC.CCN[Si](NCC)(C1CCCCC1)C1CCCCC1. The van der Waals surface area contributed by atoms with E-state index in [-0.39, 0.29) is 9.84 Å². The van der Waals surface area contributed by atoms with Crippen LogP contribution in [-0.2, 0) is 0 Å². The fraction of sp³-hybridized carbons (Fsp3) is 1.00. The molecule has 0 bridgehead atoms. The second-order valence-electron chi connectivity index (χ2n) is 7.98. The molecule has 0 heterocycles. The van der Waals surface area contributed by atoms with Gasteiger partial charge in [0.15, 0.2) is 9.84 Å². The third-order valence-corrected chi connectivity index (χ3v) is 13.3. The third kappa shape index (κ3) is 8.11. The molecule has 2 rings (SSSR count). The quantitative estimate of drug-likeness (QED) is 0.335. The predicted molar refractivity (Wildman–Crippen MR) is 123 cm³/mol. The first kappa shape index (κ1) is 24.3. The molecule has 0 spiro atoms. The van der Waals surface area contributed by atoms with Crippen molar-refractivity contribution < 1.29 is 0 Å².